The summed E-state index contributed by atoms with van der Waals surface area (Å²) in [5.74, 6) is 1.30. The number of aromatic nitrogens is 3. The zero-order valence-electron chi connectivity index (χ0n) is 11.5. The van der Waals surface area contributed by atoms with Gasteiger partial charge in [-0.3, -0.25) is 4.98 Å². The summed E-state index contributed by atoms with van der Waals surface area (Å²) in [6.07, 6.45) is 2.54. The average Bonchev–Trinajstić information content (AvgIpc) is 2.75. The van der Waals surface area contributed by atoms with Gasteiger partial charge in [-0.1, -0.05) is 13.0 Å². The Hall–Kier alpha value is -2.56. The van der Waals surface area contributed by atoms with Gasteiger partial charge in [-0.15, -0.1) is 0 Å². The molecule has 0 bridgehead atoms. The molecule has 0 fully saturated rings. The fourth-order valence-electron chi connectivity index (χ4n) is 2.23. The van der Waals surface area contributed by atoms with Gasteiger partial charge in [0.1, 0.15) is 11.4 Å². The van der Waals surface area contributed by atoms with Crippen molar-refractivity contribution in [2.45, 2.75) is 13.3 Å². The van der Waals surface area contributed by atoms with Crippen molar-refractivity contribution in [3.8, 4) is 11.6 Å². The van der Waals surface area contributed by atoms with Gasteiger partial charge in [-0.25, -0.2) is 4.68 Å². The van der Waals surface area contributed by atoms with Crippen molar-refractivity contribution in [2.75, 3.05) is 5.73 Å². The maximum Gasteiger partial charge on any atom is 0.241 e. The number of nitrogens with zero attached hydrogens (tertiary/aromatic N) is 3. The van der Waals surface area contributed by atoms with Crippen LogP contribution in [0.5, 0.6) is 11.6 Å². The van der Waals surface area contributed by atoms with Crippen LogP contribution in [-0.2, 0) is 13.5 Å². The molecule has 1 aromatic carbocycles. The first-order valence-electron chi connectivity index (χ1n) is 6.53. The molecule has 5 heteroatoms. The van der Waals surface area contributed by atoms with Crippen LogP contribution in [0.15, 0.2) is 36.5 Å². The molecule has 0 amide bonds. The van der Waals surface area contributed by atoms with Crippen LogP contribution in [0.1, 0.15) is 12.6 Å². The lowest BCUT2D eigenvalue weighted by Gasteiger charge is -2.09. The molecule has 0 radical (unpaired) electrons. The summed E-state index contributed by atoms with van der Waals surface area (Å²) in [5.41, 5.74) is 8.41. The fraction of sp³-hybridized carbons (Fsp3) is 0.200. The summed E-state index contributed by atoms with van der Waals surface area (Å²) in [7, 11) is 1.83. The molecule has 3 rings (SSSR count). The quantitative estimate of drug-likeness (QED) is 0.793. The standard InChI is InChI=1S/C15H16N4O/c1-3-11-14(16)15(19(2)18-11)20-13-8-4-7-12-10(13)6-5-9-17-12/h4-9H,3,16H2,1-2H3. The molecule has 0 saturated heterocycles. The second-order valence-corrected chi connectivity index (χ2v) is 4.57. The Morgan fingerprint density at radius 2 is 2.10 bits per heavy atom. The first kappa shape index (κ1) is 12.5. The van der Waals surface area contributed by atoms with Gasteiger partial charge in [-0.05, 0) is 30.7 Å². The number of fused-ring (bicyclic) bond motifs is 1. The molecule has 0 spiro atoms. The largest absolute Gasteiger partial charge is 0.437 e. The molecule has 0 unspecified atom stereocenters. The van der Waals surface area contributed by atoms with E-state index in [2.05, 4.69) is 10.1 Å². The molecule has 5 nitrogen and oxygen atoms in total. The first-order chi connectivity index (χ1) is 9.70. The Kier molecular flexibility index (Phi) is 3.02. The normalized spacial score (nSPS) is 10.9. The van der Waals surface area contributed by atoms with Crippen molar-refractivity contribution in [1.29, 1.82) is 0 Å². The van der Waals surface area contributed by atoms with E-state index in [1.54, 1.807) is 10.9 Å². The maximum absolute atomic E-state index is 6.08. The molecule has 2 N–H and O–H groups in total. The highest BCUT2D eigenvalue weighted by molar-refractivity contribution is 5.85. The maximum atomic E-state index is 6.08. The van der Waals surface area contributed by atoms with Crippen molar-refractivity contribution in [2.24, 2.45) is 7.05 Å². The Labute approximate surface area is 117 Å². The molecule has 2 aromatic heterocycles. The van der Waals surface area contributed by atoms with Gasteiger partial charge < -0.3 is 10.5 Å². The molecule has 0 saturated carbocycles. The number of nitrogens with two attached hydrogens (primary N) is 1. The summed E-state index contributed by atoms with van der Waals surface area (Å²) < 4.78 is 7.64. The number of hydrogen-bond acceptors (Lipinski definition) is 4. The van der Waals surface area contributed by atoms with Crippen molar-refractivity contribution >= 4 is 16.6 Å². The topological polar surface area (TPSA) is 66.0 Å². The van der Waals surface area contributed by atoms with E-state index in [0.717, 1.165) is 28.8 Å². The highest BCUT2D eigenvalue weighted by atomic mass is 16.5. The van der Waals surface area contributed by atoms with Gasteiger partial charge in [0.05, 0.1) is 11.2 Å². The Balaban J connectivity index is 2.08. The summed E-state index contributed by atoms with van der Waals surface area (Å²) in [5, 5.41) is 5.31. The zero-order valence-corrected chi connectivity index (χ0v) is 11.5. The number of hydrogen-bond donors (Lipinski definition) is 1. The third kappa shape index (κ3) is 1.97. The molecule has 2 heterocycles. The molecule has 3 aromatic rings. The van der Waals surface area contributed by atoms with Crippen molar-refractivity contribution in [1.82, 2.24) is 14.8 Å². The molecule has 102 valence electrons. The van der Waals surface area contributed by atoms with E-state index < -0.39 is 0 Å². The van der Waals surface area contributed by atoms with Crippen molar-refractivity contribution in [3.05, 3.63) is 42.2 Å². The molecule has 0 aliphatic rings. The number of anilines is 1. The molecular weight excluding hydrogens is 252 g/mol. The third-order valence-electron chi connectivity index (χ3n) is 3.25. The predicted octanol–water partition coefficient (Wildman–Crippen LogP) is 2.91. The van der Waals surface area contributed by atoms with E-state index in [0.29, 0.717) is 11.6 Å². The van der Waals surface area contributed by atoms with E-state index in [9.17, 15) is 0 Å². The van der Waals surface area contributed by atoms with Crippen LogP contribution in [0.4, 0.5) is 5.69 Å². The Morgan fingerprint density at radius 3 is 2.85 bits per heavy atom. The highest BCUT2D eigenvalue weighted by Gasteiger charge is 2.15. The predicted molar refractivity (Wildman–Crippen MR) is 78.8 cm³/mol. The van der Waals surface area contributed by atoms with Crippen LogP contribution in [0.25, 0.3) is 10.9 Å². The Morgan fingerprint density at radius 1 is 1.25 bits per heavy atom. The second kappa shape index (κ2) is 4.85. The summed E-state index contributed by atoms with van der Waals surface area (Å²) in [4.78, 5) is 4.32. The monoisotopic (exact) mass is 268 g/mol. The van der Waals surface area contributed by atoms with Crippen molar-refractivity contribution in [3.63, 3.8) is 0 Å². The fourth-order valence-corrected chi connectivity index (χ4v) is 2.23. The zero-order chi connectivity index (χ0) is 14.1. The van der Waals surface area contributed by atoms with Gasteiger partial charge in [0, 0.05) is 18.6 Å². The highest BCUT2D eigenvalue weighted by Crippen LogP contribution is 2.33. The lowest BCUT2D eigenvalue weighted by atomic mass is 10.2. The Bertz CT molecular complexity index is 758. The average molecular weight is 268 g/mol. The summed E-state index contributed by atoms with van der Waals surface area (Å²) >= 11 is 0. The first-order valence-corrected chi connectivity index (χ1v) is 6.53. The minimum atomic E-state index is 0.568. The molecule has 0 atom stereocenters. The molecule has 0 aliphatic carbocycles. The molecule has 20 heavy (non-hydrogen) atoms. The van der Waals surface area contributed by atoms with Gasteiger partial charge >= 0.3 is 0 Å². The summed E-state index contributed by atoms with van der Waals surface area (Å²) in [6, 6.07) is 9.64. The van der Waals surface area contributed by atoms with Gasteiger partial charge in [0.25, 0.3) is 0 Å². The van der Waals surface area contributed by atoms with E-state index in [1.807, 2.05) is 44.3 Å². The van der Waals surface area contributed by atoms with Gasteiger partial charge in [0.2, 0.25) is 5.88 Å². The van der Waals surface area contributed by atoms with E-state index in [4.69, 9.17) is 10.5 Å². The number of ether oxygens (including phenoxy) is 1. The smallest absolute Gasteiger partial charge is 0.241 e. The van der Waals surface area contributed by atoms with Gasteiger partial charge in [0.15, 0.2) is 0 Å². The third-order valence-corrected chi connectivity index (χ3v) is 3.25. The number of rotatable bonds is 3. The second-order valence-electron chi connectivity index (χ2n) is 4.57. The van der Waals surface area contributed by atoms with Crippen LogP contribution >= 0.6 is 0 Å². The molecule has 0 aliphatic heterocycles. The van der Waals surface area contributed by atoms with Gasteiger partial charge in [-0.2, -0.15) is 5.10 Å². The lowest BCUT2D eigenvalue weighted by molar-refractivity contribution is 0.437. The number of aryl methyl sites for hydroxylation is 2. The SMILES string of the molecule is CCc1nn(C)c(Oc2cccc3ncccc23)c1N. The van der Waals surface area contributed by atoms with E-state index in [-0.39, 0.29) is 0 Å². The minimum Gasteiger partial charge on any atom is -0.437 e. The van der Waals surface area contributed by atoms with Crippen LogP contribution in [0.2, 0.25) is 0 Å². The lowest BCUT2D eigenvalue weighted by Crippen LogP contribution is -1.97. The van der Waals surface area contributed by atoms with Crippen LogP contribution in [-0.4, -0.2) is 14.8 Å². The number of nitrogen functional groups attached to an aromatic ring is 1. The number of benzene rings is 1. The number of pyridine rings is 1. The van der Waals surface area contributed by atoms with Crippen LogP contribution in [0.3, 0.4) is 0 Å². The van der Waals surface area contributed by atoms with E-state index >= 15 is 0 Å². The van der Waals surface area contributed by atoms with E-state index in [1.165, 1.54) is 0 Å². The summed E-state index contributed by atoms with van der Waals surface area (Å²) in [6.45, 7) is 2.02. The minimum absolute atomic E-state index is 0.568. The van der Waals surface area contributed by atoms with Crippen molar-refractivity contribution < 1.29 is 4.74 Å². The van der Waals surface area contributed by atoms with Crippen LogP contribution in [0, 0.1) is 0 Å². The molecular formula is C15H16N4O. The van der Waals surface area contributed by atoms with Crippen LogP contribution < -0.4 is 10.5 Å².